The van der Waals surface area contributed by atoms with Crippen molar-refractivity contribution in [1.82, 2.24) is 4.31 Å². The Bertz CT molecular complexity index is 607. The minimum absolute atomic E-state index is 0.0375. The van der Waals surface area contributed by atoms with Gasteiger partial charge in [0.05, 0.1) is 0 Å². The molecule has 2 N–H and O–H groups in total. The molecule has 1 heterocycles. The summed E-state index contributed by atoms with van der Waals surface area (Å²) in [6.45, 7) is 2.84. The lowest BCUT2D eigenvalue weighted by Crippen LogP contribution is -2.39. The summed E-state index contributed by atoms with van der Waals surface area (Å²) >= 11 is 3.21. The number of hydrogen-bond acceptors (Lipinski definition) is 3. The highest BCUT2D eigenvalue weighted by Gasteiger charge is 2.31. The largest absolute Gasteiger partial charge is 0.326 e. The third-order valence-corrected chi connectivity index (χ3v) is 5.86. The van der Waals surface area contributed by atoms with Crippen molar-refractivity contribution in [2.45, 2.75) is 31.2 Å². The number of rotatable bonds is 3. The number of benzene rings is 1. The molecular formula is C13H18BrFN2O2S. The average molecular weight is 365 g/mol. The maximum Gasteiger partial charge on any atom is 0.246 e. The van der Waals surface area contributed by atoms with Crippen LogP contribution in [0.15, 0.2) is 21.5 Å². The second kappa shape index (κ2) is 6.09. The summed E-state index contributed by atoms with van der Waals surface area (Å²) in [6.07, 6.45) is 1.81. The molecule has 1 atom stereocenters. The predicted molar refractivity (Wildman–Crippen MR) is 79.1 cm³/mol. The van der Waals surface area contributed by atoms with Crippen LogP contribution in [0.25, 0.3) is 0 Å². The molecule has 0 aliphatic carbocycles. The second-order valence-corrected chi connectivity index (χ2v) is 8.01. The lowest BCUT2D eigenvalue weighted by atomic mass is 10.0. The Morgan fingerprint density at radius 3 is 2.80 bits per heavy atom. The van der Waals surface area contributed by atoms with E-state index in [1.54, 1.807) is 0 Å². The van der Waals surface area contributed by atoms with Crippen LogP contribution in [-0.4, -0.2) is 25.8 Å². The van der Waals surface area contributed by atoms with Gasteiger partial charge in [0.1, 0.15) is 10.7 Å². The van der Waals surface area contributed by atoms with E-state index < -0.39 is 15.8 Å². The van der Waals surface area contributed by atoms with E-state index in [9.17, 15) is 12.8 Å². The summed E-state index contributed by atoms with van der Waals surface area (Å²) in [6, 6.07) is 2.82. The van der Waals surface area contributed by atoms with Crippen LogP contribution in [0, 0.1) is 11.7 Å². The molecule has 1 aliphatic heterocycles. The number of sulfonamides is 1. The molecule has 4 nitrogen and oxygen atoms in total. The molecule has 2 rings (SSSR count). The number of piperidine rings is 1. The molecule has 0 bridgehead atoms. The molecule has 0 saturated carbocycles. The van der Waals surface area contributed by atoms with Gasteiger partial charge in [-0.3, -0.25) is 0 Å². The Morgan fingerprint density at radius 2 is 2.20 bits per heavy atom. The van der Waals surface area contributed by atoms with Gasteiger partial charge in [-0.1, -0.05) is 22.9 Å². The highest BCUT2D eigenvalue weighted by molar-refractivity contribution is 9.10. The Hall–Kier alpha value is -0.500. The van der Waals surface area contributed by atoms with Crippen molar-refractivity contribution in [1.29, 1.82) is 0 Å². The molecule has 1 aromatic carbocycles. The van der Waals surface area contributed by atoms with Gasteiger partial charge in [-0.15, -0.1) is 0 Å². The maximum atomic E-state index is 14.3. The summed E-state index contributed by atoms with van der Waals surface area (Å²) in [7, 11) is -3.81. The van der Waals surface area contributed by atoms with Gasteiger partial charge in [0.2, 0.25) is 10.0 Å². The fourth-order valence-corrected chi connectivity index (χ4v) is 4.85. The zero-order valence-corrected chi connectivity index (χ0v) is 13.7. The molecule has 1 unspecified atom stereocenters. The van der Waals surface area contributed by atoms with Crippen LogP contribution in [0.5, 0.6) is 0 Å². The first-order chi connectivity index (χ1) is 9.36. The molecule has 20 heavy (non-hydrogen) atoms. The molecule has 1 saturated heterocycles. The van der Waals surface area contributed by atoms with Crippen LogP contribution < -0.4 is 5.73 Å². The standard InChI is InChI=1S/C13H18BrFN2O2S/c1-9-3-2-4-17(8-9)20(18,19)12-6-11(14)5-10(7-16)13(12)15/h5-6,9H,2-4,7-8,16H2,1H3. The van der Waals surface area contributed by atoms with Crippen LogP contribution in [0.4, 0.5) is 4.39 Å². The highest BCUT2D eigenvalue weighted by Crippen LogP contribution is 2.29. The Morgan fingerprint density at radius 1 is 1.50 bits per heavy atom. The lowest BCUT2D eigenvalue weighted by Gasteiger charge is -2.30. The van der Waals surface area contributed by atoms with Gasteiger partial charge in [-0.05, 0) is 30.9 Å². The molecule has 0 amide bonds. The van der Waals surface area contributed by atoms with E-state index in [1.807, 2.05) is 6.92 Å². The molecule has 1 aliphatic rings. The van der Waals surface area contributed by atoms with Crippen molar-refractivity contribution in [2.75, 3.05) is 13.1 Å². The van der Waals surface area contributed by atoms with Crippen molar-refractivity contribution in [3.05, 3.63) is 28.0 Å². The van der Waals surface area contributed by atoms with Gasteiger partial charge >= 0.3 is 0 Å². The minimum Gasteiger partial charge on any atom is -0.326 e. The smallest absolute Gasteiger partial charge is 0.246 e. The first-order valence-electron chi connectivity index (χ1n) is 6.54. The van der Waals surface area contributed by atoms with Gasteiger partial charge in [0, 0.05) is 29.7 Å². The third kappa shape index (κ3) is 3.05. The van der Waals surface area contributed by atoms with E-state index in [1.165, 1.54) is 16.4 Å². The summed E-state index contributed by atoms with van der Waals surface area (Å²) in [5, 5.41) is 0. The van der Waals surface area contributed by atoms with E-state index in [0.717, 1.165) is 12.8 Å². The summed E-state index contributed by atoms with van der Waals surface area (Å²) in [5.74, 6) is -0.448. The summed E-state index contributed by atoms with van der Waals surface area (Å²) < 4.78 is 41.4. The van der Waals surface area contributed by atoms with Crippen molar-refractivity contribution in [3.63, 3.8) is 0 Å². The minimum atomic E-state index is -3.81. The van der Waals surface area contributed by atoms with Crippen LogP contribution in [0.2, 0.25) is 0 Å². The van der Waals surface area contributed by atoms with E-state index in [0.29, 0.717) is 23.5 Å². The first-order valence-corrected chi connectivity index (χ1v) is 8.77. The first kappa shape index (κ1) is 15.9. The molecular weight excluding hydrogens is 347 g/mol. The molecule has 7 heteroatoms. The fraction of sp³-hybridized carbons (Fsp3) is 0.538. The quantitative estimate of drug-likeness (QED) is 0.895. The Kier molecular flexibility index (Phi) is 4.84. The molecule has 0 aromatic heterocycles. The maximum absolute atomic E-state index is 14.3. The van der Waals surface area contributed by atoms with E-state index in [2.05, 4.69) is 15.9 Å². The molecule has 112 valence electrons. The van der Waals surface area contributed by atoms with Crippen molar-refractivity contribution >= 4 is 26.0 Å². The van der Waals surface area contributed by atoms with E-state index >= 15 is 0 Å². The van der Waals surface area contributed by atoms with Gasteiger partial charge < -0.3 is 5.73 Å². The molecule has 0 radical (unpaired) electrons. The number of halogens is 2. The number of nitrogens with zero attached hydrogens (tertiary/aromatic N) is 1. The third-order valence-electron chi connectivity index (χ3n) is 3.54. The zero-order valence-electron chi connectivity index (χ0n) is 11.3. The van der Waals surface area contributed by atoms with Crippen molar-refractivity contribution < 1.29 is 12.8 Å². The molecule has 1 aromatic rings. The zero-order chi connectivity index (χ0) is 14.9. The van der Waals surface area contributed by atoms with Gasteiger partial charge in [0.25, 0.3) is 0 Å². The predicted octanol–water partition coefficient (Wildman–Crippen LogP) is 2.47. The normalized spacial score (nSPS) is 21.1. The average Bonchev–Trinajstić information content (AvgIpc) is 2.40. The van der Waals surface area contributed by atoms with Crippen LogP contribution in [-0.2, 0) is 16.6 Å². The van der Waals surface area contributed by atoms with Crippen molar-refractivity contribution in [3.8, 4) is 0 Å². The lowest BCUT2D eigenvalue weighted by molar-refractivity contribution is 0.280. The van der Waals surface area contributed by atoms with Gasteiger partial charge in [-0.25, -0.2) is 12.8 Å². The molecule has 1 fully saturated rings. The van der Waals surface area contributed by atoms with Crippen LogP contribution in [0.1, 0.15) is 25.3 Å². The topological polar surface area (TPSA) is 63.4 Å². The highest BCUT2D eigenvalue weighted by atomic mass is 79.9. The molecule has 0 spiro atoms. The monoisotopic (exact) mass is 364 g/mol. The van der Waals surface area contributed by atoms with E-state index in [-0.39, 0.29) is 17.0 Å². The Labute approximate surface area is 127 Å². The van der Waals surface area contributed by atoms with Gasteiger partial charge in [0.15, 0.2) is 0 Å². The fourth-order valence-electron chi connectivity index (χ4n) is 2.46. The summed E-state index contributed by atoms with van der Waals surface area (Å²) in [5.41, 5.74) is 5.66. The SMILES string of the molecule is CC1CCCN(S(=O)(=O)c2cc(Br)cc(CN)c2F)C1. The second-order valence-electron chi connectivity index (χ2n) is 5.19. The van der Waals surface area contributed by atoms with Crippen molar-refractivity contribution in [2.24, 2.45) is 11.7 Å². The number of nitrogens with two attached hydrogens (primary N) is 1. The number of hydrogen-bond donors (Lipinski definition) is 1. The van der Waals surface area contributed by atoms with Crippen LogP contribution >= 0.6 is 15.9 Å². The summed E-state index contributed by atoms with van der Waals surface area (Å²) in [4.78, 5) is -0.290. The van der Waals surface area contributed by atoms with Gasteiger partial charge in [-0.2, -0.15) is 4.31 Å². The van der Waals surface area contributed by atoms with Crippen LogP contribution in [0.3, 0.4) is 0 Å². The Balaban J connectivity index is 2.46. The van der Waals surface area contributed by atoms with E-state index in [4.69, 9.17) is 5.73 Å².